The number of ketones is 1. The number of carbonyl (C=O) groups is 1. The van der Waals surface area contributed by atoms with Gasteiger partial charge in [-0.05, 0) is 42.5 Å². The van der Waals surface area contributed by atoms with Gasteiger partial charge in [-0.1, -0.05) is 17.7 Å². The Bertz CT molecular complexity index is 567. The van der Waals surface area contributed by atoms with Crippen molar-refractivity contribution in [3.63, 3.8) is 0 Å². The van der Waals surface area contributed by atoms with E-state index in [1.165, 1.54) is 11.8 Å². The normalized spacial score (nSPS) is 10.2. The molecule has 19 heavy (non-hydrogen) atoms. The maximum absolute atomic E-state index is 12.0. The van der Waals surface area contributed by atoms with Gasteiger partial charge in [-0.2, -0.15) is 0 Å². The van der Waals surface area contributed by atoms with E-state index < -0.39 is 0 Å². The van der Waals surface area contributed by atoms with Crippen LogP contribution in [-0.2, 0) is 0 Å². The lowest BCUT2D eigenvalue weighted by Gasteiger charge is -2.03. The van der Waals surface area contributed by atoms with Crippen molar-refractivity contribution in [2.45, 2.75) is 4.90 Å². The Hall–Kier alpha value is -1.45. The molecule has 0 saturated carbocycles. The topological polar surface area (TPSA) is 26.3 Å². The zero-order chi connectivity index (χ0) is 13.7. The number of hydrogen-bond acceptors (Lipinski definition) is 3. The Labute approximate surface area is 121 Å². The second-order valence-electron chi connectivity index (χ2n) is 3.90. The van der Waals surface area contributed by atoms with Gasteiger partial charge in [0.2, 0.25) is 0 Å². The van der Waals surface area contributed by atoms with Gasteiger partial charge < -0.3 is 4.74 Å². The third-order valence-electron chi connectivity index (χ3n) is 2.58. The Kier molecular flexibility index (Phi) is 4.88. The van der Waals surface area contributed by atoms with Gasteiger partial charge in [-0.3, -0.25) is 4.79 Å². The van der Waals surface area contributed by atoms with E-state index in [9.17, 15) is 4.79 Å². The molecule has 0 radical (unpaired) electrons. The summed E-state index contributed by atoms with van der Waals surface area (Å²) in [5.41, 5.74) is 0.690. The SMILES string of the molecule is COc1ccc(C(=O)CSc2cccc(Cl)c2)cc1. The lowest BCUT2D eigenvalue weighted by molar-refractivity contribution is 0.102. The van der Waals surface area contributed by atoms with Crippen molar-refractivity contribution in [2.75, 3.05) is 12.9 Å². The first-order chi connectivity index (χ1) is 9.19. The maximum Gasteiger partial charge on any atom is 0.173 e. The average molecular weight is 293 g/mol. The molecule has 0 atom stereocenters. The van der Waals surface area contributed by atoms with Crippen LogP contribution in [0.15, 0.2) is 53.4 Å². The molecule has 0 fully saturated rings. The molecule has 0 unspecified atom stereocenters. The quantitative estimate of drug-likeness (QED) is 0.606. The zero-order valence-electron chi connectivity index (χ0n) is 10.4. The van der Waals surface area contributed by atoms with Gasteiger partial charge in [-0.15, -0.1) is 11.8 Å². The highest BCUT2D eigenvalue weighted by Gasteiger charge is 2.07. The molecule has 2 rings (SSSR count). The van der Waals surface area contributed by atoms with E-state index in [0.717, 1.165) is 10.6 Å². The third-order valence-corrected chi connectivity index (χ3v) is 3.81. The molecule has 2 aromatic carbocycles. The molecular weight excluding hydrogens is 280 g/mol. The zero-order valence-corrected chi connectivity index (χ0v) is 12.0. The summed E-state index contributed by atoms with van der Waals surface area (Å²) in [7, 11) is 1.60. The molecule has 0 aliphatic carbocycles. The van der Waals surface area contributed by atoms with Crippen LogP contribution in [0.2, 0.25) is 5.02 Å². The van der Waals surface area contributed by atoms with Crippen LogP contribution in [0, 0.1) is 0 Å². The van der Waals surface area contributed by atoms with Crippen molar-refractivity contribution >= 4 is 29.1 Å². The number of ether oxygens (including phenoxy) is 1. The molecule has 0 saturated heterocycles. The number of carbonyl (C=O) groups excluding carboxylic acids is 1. The van der Waals surface area contributed by atoms with Gasteiger partial charge in [0.25, 0.3) is 0 Å². The third kappa shape index (κ3) is 4.01. The Morgan fingerprint density at radius 2 is 1.95 bits per heavy atom. The fraction of sp³-hybridized carbons (Fsp3) is 0.133. The molecule has 4 heteroatoms. The lowest BCUT2D eigenvalue weighted by Crippen LogP contribution is -2.02. The van der Waals surface area contributed by atoms with Crippen LogP contribution < -0.4 is 4.74 Å². The molecule has 0 bridgehead atoms. The number of methoxy groups -OCH3 is 1. The van der Waals surface area contributed by atoms with Gasteiger partial charge >= 0.3 is 0 Å². The smallest absolute Gasteiger partial charge is 0.173 e. The number of halogens is 1. The average Bonchev–Trinajstić information content (AvgIpc) is 2.45. The first-order valence-electron chi connectivity index (χ1n) is 5.74. The van der Waals surface area contributed by atoms with Gasteiger partial charge in [0, 0.05) is 15.5 Å². The largest absolute Gasteiger partial charge is 0.497 e. The van der Waals surface area contributed by atoms with E-state index in [1.807, 2.05) is 24.3 Å². The van der Waals surface area contributed by atoms with E-state index in [0.29, 0.717) is 16.3 Å². The fourth-order valence-electron chi connectivity index (χ4n) is 1.57. The summed E-state index contributed by atoms with van der Waals surface area (Å²) in [5.74, 6) is 1.24. The van der Waals surface area contributed by atoms with Crippen molar-refractivity contribution in [2.24, 2.45) is 0 Å². The number of benzene rings is 2. The number of hydrogen-bond donors (Lipinski definition) is 0. The van der Waals surface area contributed by atoms with Gasteiger partial charge in [-0.25, -0.2) is 0 Å². The monoisotopic (exact) mass is 292 g/mol. The summed E-state index contributed by atoms with van der Waals surface area (Å²) in [4.78, 5) is 13.0. The minimum atomic E-state index is 0.0904. The second-order valence-corrected chi connectivity index (χ2v) is 5.38. The van der Waals surface area contributed by atoms with Crippen molar-refractivity contribution in [1.29, 1.82) is 0 Å². The van der Waals surface area contributed by atoms with E-state index >= 15 is 0 Å². The van der Waals surface area contributed by atoms with E-state index in [1.54, 1.807) is 31.4 Å². The summed E-state index contributed by atoms with van der Waals surface area (Å²) < 4.78 is 5.06. The van der Waals surface area contributed by atoms with Crippen molar-refractivity contribution in [1.82, 2.24) is 0 Å². The van der Waals surface area contributed by atoms with Gasteiger partial charge in [0.1, 0.15) is 5.75 Å². The molecule has 0 aromatic heterocycles. The van der Waals surface area contributed by atoms with Crippen molar-refractivity contribution < 1.29 is 9.53 Å². The first kappa shape index (κ1) is 14.0. The molecular formula is C15H13ClO2S. The highest BCUT2D eigenvalue weighted by molar-refractivity contribution is 8.00. The van der Waals surface area contributed by atoms with Crippen LogP contribution >= 0.6 is 23.4 Å². The summed E-state index contributed by atoms with van der Waals surface area (Å²) in [6.45, 7) is 0. The molecule has 0 heterocycles. The molecule has 2 aromatic rings. The van der Waals surface area contributed by atoms with Crippen molar-refractivity contribution in [3.05, 3.63) is 59.1 Å². The molecule has 0 N–H and O–H groups in total. The predicted molar refractivity (Wildman–Crippen MR) is 79.5 cm³/mol. The van der Waals surface area contributed by atoms with Crippen LogP contribution in [0.1, 0.15) is 10.4 Å². The van der Waals surface area contributed by atoms with Crippen LogP contribution in [0.3, 0.4) is 0 Å². The van der Waals surface area contributed by atoms with E-state index in [2.05, 4.69) is 0 Å². The molecule has 0 amide bonds. The molecule has 0 spiro atoms. The number of rotatable bonds is 5. The van der Waals surface area contributed by atoms with Crippen LogP contribution in [0.4, 0.5) is 0 Å². The Balaban J connectivity index is 1.97. The summed E-state index contributed by atoms with van der Waals surface area (Å²) >= 11 is 7.38. The summed E-state index contributed by atoms with van der Waals surface area (Å²) in [6, 6.07) is 14.6. The second kappa shape index (κ2) is 6.64. The minimum Gasteiger partial charge on any atom is -0.497 e. The van der Waals surface area contributed by atoms with Gasteiger partial charge in [0.05, 0.1) is 12.9 Å². The predicted octanol–water partition coefficient (Wildman–Crippen LogP) is 4.32. The Morgan fingerprint density at radius 1 is 1.21 bits per heavy atom. The molecule has 98 valence electrons. The van der Waals surface area contributed by atoms with Crippen LogP contribution in [0.5, 0.6) is 5.75 Å². The van der Waals surface area contributed by atoms with E-state index in [4.69, 9.17) is 16.3 Å². The standard InChI is InChI=1S/C15H13ClO2S/c1-18-13-7-5-11(6-8-13)15(17)10-19-14-4-2-3-12(16)9-14/h2-9H,10H2,1H3. The summed E-state index contributed by atoms with van der Waals surface area (Å²) in [5, 5.41) is 0.682. The van der Waals surface area contributed by atoms with Gasteiger partial charge in [0.15, 0.2) is 5.78 Å². The Morgan fingerprint density at radius 3 is 2.58 bits per heavy atom. The molecule has 2 nitrogen and oxygen atoms in total. The van der Waals surface area contributed by atoms with Crippen molar-refractivity contribution in [3.8, 4) is 5.75 Å². The first-order valence-corrected chi connectivity index (χ1v) is 7.11. The van der Waals surface area contributed by atoms with Crippen LogP contribution in [-0.4, -0.2) is 18.6 Å². The number of thioether (sulfide) groups is 1. The molecule has 0 aliphatic rings. The lowest BCUT2D eigenvalue weighted by atomic mass is 10.1. The summed E-state index contributed by atoms with van der Waals surface area (Å²) in [6.07, 6.45) is 0. The fourth-order valence-corrected chi connectivity index (χ4v) is 2.67. The maximum atomic E-state index is 12.0. The van der Waals surface area contributed by atoms with E-state index in [-0.39, 0.29) is 5.78 Å². The van der Waals surface area contributed by atoms with Crippen LogP contribution in [0.25, 0.3) is 0 Å². The minimum absolute atomic E-state index is 0.0904. The highest BCUT2D eigenvalue weighted by atomic mass is 35.5. The highest BCUT2D eigenvalue weighted by Crippen LogP contribution is 2.23. The number of Topliss-reactive ketones (excluding diaryl/α,β-unsaturated/α-hetero) is 1. The molecule has 0 aliphatic heterocycles.